The highest BCUT2D eigenvalue weighted by atomic mass is 16.4. The maximum Gasteiger partial charge on any atom is 0.303 e. The largest absolute Gasteiger partial charge is 0.481 e. The molecule has 1 atom stereocenters. The minimum absolute atomic E-state index is 0.142. The highest BCUT2D eigenvalue weighted by Gasteiger charge is 2.21. The topological polar surface area (TPSA) is 111 Å². The summed E-state index contributed by atoms with van der Waals surface area (Å²) in [6.07, 6.45) is 4.44. The fourth-order valence-corrected chi connectivity index (χ4v) is 2.89. The molecule has 0 fully saturated rings. The van der Waals surface area contributed by atoms with Crippen LogP contribution in [0.15, 0.2) is 30.5 Å². The number of rotatable bonds is 10. The molecule has 2 aromatic rings. The van der Waals surface area contributed by atoms with Crippen LogP contribution < -0.4 is 10.6 Å². The van der Waals surface area contributed by atoms with E-state index in [1.165, 1.54) is 6.92 Å². The lowest BCUT2D eigenvalue weighted by Crippen LogP contribution is -2.47. The summed E-state index contributed by atoms with van der Waals surface area (Å²) in [7, 11) is 0. The summed E-state index contributed by atoms with van der Waals surface area (Å²) in [5, 5.41) is 15.2. The van der Waals surface area contributed by atoms with E-state index in [9.17, 15) is 14.4 Å². The molecule has 0 aliphatic rings. The first kappa shape index (κ1) is 19.5. The summed E-state index contributed by atoms with van der Waals surface area (Å²) in [5.74, 6) is -1.30. The fourth-order valence-electron chi connectivity index (χ4n) is 2.89. The number of unbranched alkanes of at least 4 members (excludes halogenated alkanes) is 2. The van der Waals surface area contributed by atoms with Gasteiger partial charge in [-0.05, 0) is 24.5 Å². The Bertz CT molecular complexity index is 769. The van der Waals surface area contributed by atoms with Crippen molar-refractivity contribution in [2.24, 2.45) is 0 Å². The maximum atomic E-state index is 12.5. The monoisotopic (exact) mass is 359 g/mol. The number of carbonyl (C=O) groups excluding carboxylic acids is 2. The molecule has 0 spiro atoms. The van der Waals surface area contributed by atoms with Gasteiger partial charge in [-0.1, -0.05) is 24.6 Å². The van der Waals surface area contributed by atoms with Crippen LogP contribution in [0.1, 0.15) is 38.2 Å². The molecule has 2 rings (SSSR count). The van der Waals surface area contributed by atoms with Crippen LogP contribution in [-0.2, 0) is 20.8 Å². The summed E-state index contributed by atoms with van der Waals surface area (Å²) >= 11 is 0. The number of hydrogen-bond acceptors (Lipinski definition) is 3. The molecular formula is C19H25N3O4. The Morgan fingerprint density at radius 1 is 1.15 bits per heavy atom. The predicted octanol–water partition coefficient (Wildman–Crippen LogP) is 1.98. The molecule has 26 heavy (non-hydrogen) atoms. The summed E-state index contributed by atoms with van der Waals surface area (Å²) in [5.41, 5.74) is 1.96. The second-order valence-corrected chi connectivity index (χ2v) is 6.31. The molecule has 1 heterocycles. The van der Waals surface area contributed by atoms with Gasteiger partial charge in [0, 0.05) is 43.4 Å². The Labute approximate surface area is 152 Å². The lowest BCUT2D eigenvalue weighted by Gasteiger charge is -2.17. The zero-order chi connectivity index (χ0) is 18.9. The van der Waals surface area contributed by atoms with Crippen LogP contribution >= 0.6 is 0 Å². The number of carboxylic acids is 1. The minimum atomic E-state index is -0.807. The Morgan fingerprint density at radius 2 is 1.92 bits per heavy atom. The van der Waals surface area contributed by atoms with E-state index in [-0.39, 0.29) is 18.2 Å². The number of aliphatic carboxylic acids is 1. The van der Waals surface area contributed by atoms with Crippen LogP contribution in [0.25, 0.3) is 10.9 Å². The van der Waals surface area contributed by atoms with E-state index in [0.717, 1.165) is 22.9 Å². The number of carboxylic acid groups (broad SMARTS) is 1. The van der Waals surface area contributed by atoms with Crippen molar-refractivity contribution >= 4 is 28.7 Å². The number of amides is 2. The van der Waals surface area contributed by atoms with Crippen LogP contribution in [-0.4, -0.2) is 40.5 Å². The number of aromatic amines is 1. The molecule has 1 aromatic heterocycles. The first-order valence-corrected chi connectivity index (χ1v) is 8.79. The Kier molecular flexibility index (Phi) is 7.20. The summed E-state index contributed by atoms with van der Waals surface area (Å²) in [4.78, 5) is 37.6. The summed E-state index contributed by atoms with van der Waals surface area (Å²) < 4.78 is 0. The quantitative estimate of drug-likeness (QED) is 0.486. The van der Waals surface area contributed by atoms with Crippen molar-refractivity contribution in [2.45, 2.75) is 45.1 Å². The molecule has 0 aliphatic carbocycles. The smallest absolute Gasteiger partial charge is 0.303 e. The van der Waals surface area contributed by atoms with Crippen molar-refractivity contribution in [3.63, 3.8) is 0 Å². The number of hydrogen-bond donors (Lipinski definition) is 4. The summed E-state index contributed by atoms with van der Waals surface area (Å²) in [6.45, 7) is 1.85. The van der Waals surface area contributed by atoms with E-state index in [2.05, 4.69) is 15.6 Å². The molecule has 0 radical (unpaired) electrons. The molecule has 0 saturated heterocycles. The van der Waals surface area contributed by atoms with Crippen LogP contribution in [0, 0.1) is 0 Å². The third-order valence-corrected chi connectivity index (χ3v) is 4.16. The van der Waals surface area contributed by atoms with Gasteiger partial charge in [0.15, 0.2) is 0 Å². The van der Waals surface area contributed by atoms with E-state index in [1.807, 2.05) is 30.5 Å². The first-order valence-electron chi connectivity index (χ1n) is 8.79. The molecule has 1 unspecified atom stereocenters. The van der Waals surface area contributed by atoms with Crippen LogP contribution in [0.4, 0.5) is 0 Å². The van der Waals surface area contributed by atoms with Crippen molar-refractivity contribution in [2.75, 3.05) is 6.54 Å². The van der Waals surface area contributed by atoms with E-state index in [0.29, 0.717) is 25.8 Å². The zero-order valence-corrected chi connectivity index (χ0v) is 14.9. The molecule has 1 aromatic carbocycles. The van der Waals surface area contributed by atoms with Crippen LogP contribution in [0.5, 0.6) is 0 Å². The van der Waals surface area contributed by atoms with E-state index in [1.54, 1.807) is 0 Å². The molecule has 0 aliphatic heterocycles. The standard InChI is InChI=1S/C19H25N3O4/c1-13(23)22-17(19(26)20-10-6-2-3-9-18(24)25)11-14-12-21-16-8-5-4-7-15(14)16/h4-5,7-8,12,17,21H,2-3,6,9-11H2,1H3,(H,20,26)(H,22,23)(H,24,25). The van der Waals surface area contributed by atoms with Gasteiger partial charge in [-0.3, -0.25) is 14.4 Å². The lowest BCUT2D eigenvalue weighted by molar-refractivity contribution is -0.137. The Hall–Kier alpha value is -2.83. The lowest BCUT2D eigenvalue weighted by atomic mass is 10.0. The second-order valence-electron chi connectivity index (χ2n) is 6.31. The SMILES string of the molecule is CC(=O)NC(Cc1c[nH]c2ccccc12)C(=O)NCCCCCC(=O)O. The number of benzene rings is 1. The predicted molar refractivity (Wildman–Crippen MR) is 98.7 cm³/mol. The van der Waals surface area contributed by atoms with Gasteiger partial charge in [0.1, 0.15) is 6.04 Å². The van der Waals surface area contributed by atoms with Gasteiger partial charge in [0.2, 0.25) is 11.8 Å². The van der Waals surface area contributed by atoms with Crippen molar-refractivity contribution < 1.29 is 19.5 Å². The average Bonchev–Trinajstić information content (AvgIpc) is 2.99. The molecule has 7 heteroatoms. The molecule has 2 amide bonds. The summed E-state index contributed by atoms with van der Waals surface area (Å²) in [6, 6.07) is 7.16. The van der Waals surface area contributed by atoms with Crippen LogP contribution in [0.3, 0.4) is 0 Å². The van der Waals surface area contributed by atoms with Gasteiger partial charge in [0.05, 0.1) is 0 Å². The first-order chi connectivity index (χ1) is 12.5. The number of carbonyl (C=O) groups is 3. The van der Waals surface area contributed by atoms with Crippen molar-refractivity contribution in [1.29, 1.82) is 0 Å². The van der Waals surface area contributed by atoms with Gasteiger partial charge >= 0.3 is 5.97 Å². The number of aromatic nitrogens is 1. The van der Waals surface area contributed by atoms with E-state index in [4.69, 9.17) is 5.11 Å². The van der Waals surface area contributed by atoms with Crippen molar-refractivity contribution in [3.8, 4) is 0 Å². The van der Waals surface area contributed by atoms with Crippen molar-refractivity contribution in [1.82, 2.24) is 15.6 Å². The highest BCUT2D eigenvalue weighted by Crippen LogP contribution is 2.19. The fraction of sp³-hybridized carbons (Fsp3) is 0.421. The normalized spacial score (nSPS) is 11.9. The Balaban J connectivity index is 1.90. The minimum Gasteiger partial charge on any atom is -0.481 e. The number of H-pyrrole nitrogens is 1. The molecule has 4 N–H and O–H groups in total. The maximum absolute atomic E-state index is 12.5. The second kappa shape index (κ2) is 9.60. The number of fused-ring (bicyclic) bond motifs is 1. The third-order valence-electron chi connectivity index (χ3n) is 4.16. The van der Waals surface area contributed by atoms with Gasteiger partial charge in [0.25, 0.3) is 0 Å². The average molecular weight is 359 g/mol. The van der Waals surface area contributed by atoms with Gasteiger partial charge in [-0.15, -0.1) is 0 Å². The highest BCUT2D eigenvalue weighted by molar-refractivity contribution is 5.89. The number of para-hydroxylation sites is 1. The van der Waals surface area contributed by atoms with Gasteiger partial charge in [-0.2, -0.15) is 0 Å². The molecule has 140 valence electrons. The Morgan fingerprint density at radius 3 is 2.65 bits per heavy atom. The molecule has 0 bridgehead atoms. The zero-order valence-electron chi connectivity index (χ0n) is 14.9. The van der Waals surface area contributed by atoms with E-state index >= 15 is 0 Å². The van der Waals surface area contributed by atoms with E-state index < -0.39 is 12.0 Å². The van der Waals surface area contributed by atoms with Gasteiger partial charge < -0.3 is 20.7 Å². The molecule has 7 nitrogen and oxygen atoms in total. The van der Waals surface area contributed by atoms with Crippen molar-refractivity contribution in [3.05, 3.63) is 36.0 Å². The third kappa shape index (κ3) is 5.91. The van der Waals surface area contributed by atoms with Gasteiger partial charge in [-0.25, -0.2) is 0 Å². The van der Waals surface area contributed by atoms with Crippen LogP contribution in [0.2, 0.25) is 0 Å². The number of nitrogens with one attached hydrogen (secondary N) is 3. The molecule has 0 saturated carbocycles. The molecular weight excluding hydrogens is 334 g/mol.